The van der Waals surface area contributed by atoms with Crippen molar-refractivity contribution in [1.82, 2.24) is 10.2 Å². The first kappa shape index (κ1) is 25.4. The minimum atomic E-state index is -0.486. The molecule has 4 N–H and O–H groups in total. The SMILES string of the molecule is Nc1cc(C(=O)NC[C@@H]2CCN(CCCOC3CCCCC3)CC2O)c2c(c1Cl)OCCCO2. The first-order valence-corrected chi connectivity index (χ1v) is 13.1. The molecule has 1 saturated heterocycles. The average Bonchev–Trinajstić information content (AvgIpc) is 3.10. The van der Waals surface area contributed by atoms with Crippen molar-refractivity contribution in [2.24, 2.45) is 5.92 Å². The van der Waals surface area contributed by atoms with Crippen molar-refractivity contribution < 1.29 is 24.1 Å². The quantitative estimate of drug-likeness (QED) is 0.375. The number of amides is 1. The molecule has 2 fully saturated rings. The van der Waals surface area contributed by atoms with Crippen LogP contribution in [0.4, 0.5) is 5.69 Å². The van der Waals surface area contributed by atoms with E-state index in [-0.39, 0.29) is 22.5 Å². The van der Waals surface area contributed by atoms with Crippen molar-refractivity contribution in [3.8, 4) is 11.5 Å². The van der Waals surface area contributed by atoms with E-state index >= 15 is 0 Å². The highest BCUT2D eigenvalue weighted by Crippen LogP contribution is 2.43. The molecule has 190 valence electrons. The second kappa shape index (κ2) is 12.3. The summed E-state index contributed by atoms with van der Waals surface area (Å²) in [6, 6.07) is 1.53. The van der Waals surface area contributed by atoms with E-state index in [1.165, 1.54) is 38.2 Å². The molecule has 1 aromatic carbocycles. The first-order valence-electron chi connectivity index (χ1n) is 12.7. The predicted octanol–water partition coefficient (Wildman–Crippen LogP) is 3.24. The summed E-state index contributed by atoms with van der Waals surface area (Å²) in [5, 5.41) is 13.9. The van der Waals surface area contributed by atoms with E-state index in [0.29, 0.717) is 55.9 Å². The molecule has 1 aliphatic carbocycles. The number of likely N-dealkylation sites (tertiary alicyclic amines) is 1. The van der Waals surface area contributed by atoms with Gasteiger partial charge in [-0.2, -0.15) is 0 Å². The molecule has 2 atom stereocenters. The van der Waals surface area contributed by atoms with Gasteiger partial charge >= 0.3 is 0 Å². The maximum absolute atomic E-state index is 13.0. The smallest absolute Gasteiger partial charge is 0.255 e. The molecule has 1 aromatic rings. The summed E-state index contributed by atoms with van der Waals surface area (Å²) < 4.78 is 17.5. The Morgan fingerprint density at radius 1 is 1.18 bits per heavy atom. The number of hydrogen-bond donors (Lipinski definition) is 3. The molecule has 3 aliphatic rings. The van der Waals surface area contributed by atoms with Crippen molar-refractivity contribution in [1.29, 1.82) is 0 Å². The fourth-order valence-electron chi connectivity index (χ4n) is 5.06. The maximum Gasteiger partial charge on any atom is 0.255 e. The molecule has 9 heteroatoms. The molecule has 8 nitrogen and oxygen atoms in total. The summed E-state index contributed by atoms with van der Waals surface area (Å²) in [5.41, 5.74) is 6.58. The zero-order valence-corrected chi connectivity index (χ0v) is 20.7. The Kier molecular flexibility index (Phi) is 9.17. The summed E-state index contributed by atoms with van der Waals surface area (Å²) in [5.74, 6) is 0.351. The van der Waals surface area contributed by atoms with Gasteiger partial charge in [-0.1, -0.05) is 30.9 Å². The molecule has 0 spiro atoms. The molecule has 1 amide bonds. The molecule has 0 radical (unpaired) electrons. The number of aliphatic hydroxyl groups excluding tert-OH is 1. The number of anilines is 1. The lowest BCUT2D eigenvalue weighted by Crippen LogP contribution is -2.48. The third-order valence-electron chi connectivity index (χ3n) is 7.08. The molecule has 1 unspecified atom stereocenters. The fraction of sp³-hybridized carbons (Fsp3) is 0.720. The van der Waals surface area contributed by atoms with Crippen molar-refractivity contribution in [2.75, 3.05) is 51.7 Å². The van der Waals surface area contributed by atoms with Crippen LogP contribution in [0.1, 0.15) is 61.7 Å². The Bertz CT molecular complexity index is 833. The number of benzene rings is 1. The van der Waals surface area contributed by atoms with E-state index in [1.54, 1.807) is 0 Å². The van der Waals surface area contributed by atoms with E-state index in [9.17, 15) is 9.90 Å². The molecule has 4 rings (SSSR count). The van der Waals surface area contributed by atoms with Gasteiger partial charge in [-0.3, -0.25) is 4.79 Å². The Morgan fingerprint density at radius 2 is 1.94 bits per heavy atom. The van der Waals surface area contributed by atoms with Crippen LogP contribution in [-0.2, 0) is 4.74 Å². The molecular formula is C25H38ClN3O5. The van der Waals surface area contributed by atoms with Gasteiger partial charge in [0.1, 0.15) is 5.02 Å². The number of nitrogens with one attached hydrogen (secondary N) is 1. The van der Waals surface area contributed by atoms with Gasteiger partial charge in [0.05, 0.1) is 36.7 Å². The van der Waals surface area contributed by atoms with Crippen molar-refractivity contribution in [3.63, 3.8) is 0 Å². The Balaban J connectivity index is 1.22. The van der Waals surface area contributed by atoms with Crippen molar-refractivity contribution >= 4 is 23.2 Å². The van der Waals surface area contributed by atoms with Gasteiger partial charge in [0.25, 0.3) is 5.91 Å². The van der Waals surface area contributed by atoms with Crippen LogP contribution in [0, 0.1) is 5.92 Å². The number of aliphatic hydroxyl groups is 1. The average molecular weight is 496 g/mol. The standard InChI is InChI=1S/C25H38ClN3O5/c26-22-20(27)14-19(23-24(22)34-13-5-12-33-23)25(31)28-15-17-8-10-29(16-21(17)30)9-4-11-32-18-6-2-1-3-7-18/h14,17-18,21,30H,1-13,15-16,27H2,(H,28,31)/t17-,21?/m0/s1. The lowest BCUT2D eigenvalue weighted by atomic mass is 9.93. The van der Waals surface area contributed by atoms with Crippen LogP contribution < -0.4 is 20.5 Å². The topological polar surface area (TPSA) is 106 Å². The summed E-state index contributed by atoms with van der Waals surface area (Å²) in [6.45, 7) is 4.51. The molecule has 2 aliphatic heterocycles. The van der Waals surface area contributed by atoms with Gasteiger partial charge in [-0.15, -0.1) is 0 Å². The van der Waals surface area contributed by atoms with E-state index in [1.807, 2.05) is 0 Å². The number of nitrogen functional groups attached to an aromatic ring is 1. The van der Waals surface area contributed by atoms with E-state index in [2.05, 4.69) is 10.2 Å². The third kappa shape index (κ3) is 6.47. The molecule has 1 saturated carbocycles. The maximum atomic E-state index is 13.0. The Hall–Kier alpha value is -1.74. The number of carbonyl (C=O) groups excluding carboxylic acids is 1. The highest BCUT2D eigenvalue weighted by molar-refractivity contribution is 6.35. The minimum absolute atomic E-state index is 0.000826. The van der Waals surface area contributed by atoms with E-state index in [0.717, 1.165) is 32.5 Å². The number of carbonyl (C=O) groups is 1. The number of rotatable bonds is 8. The van der Waals surface area contributed by atoms with Gasteiger partial charge in [0, 0.05) is 38.6 Å². The number of nitrogens with zero attached hydrogens (tertiary/aromatic N) is 1. The first-order chi connectivity index (χ1) is 16.5. The number of fused-ring (bicyclic) bond motifs is 1. The summed E-state index contributed by atoms with van der Waals surface area (Å²) >= 11 is 6.27. The van der Waals surface area contributed by atoms with Crippen LogP contribution in [0.2, 0.25) is 5.02 Å². The van der Waals surface area contributed by atoms with Crippen molar-refractivity contribution in [3.05, 3.63) is 16.7 Å². The summed E-state index contributed by atoms with van der Waals surface area (Å²) in [6.07, 6.45) is 8.76. The highest BCUT2D eigenvalue weighted by atomic mass is 35.5. The van der Waals surface area contributed by atoms with Gasteiger partial charge in [0.15, 0.2) is 11.5 Å². The number of β-amino-alcohol motifs (C(OH)–C–C–N with tert-alkyl or cyclic N) is 1. The minimum Gasteiger partial charge on any atom is -0.489 e. The normalized spacial score (nSPS) is 23.9. The van der Waals surface area contributed by atoms with Crippen LogP contribution in [0.3, 0.4) is 0 Å². The lowest BCUT2D eigenvalue weighted by Gasteiger charge is -2.36. The zero-order valence-electron chi connectivity index (χ0n) is 19.9. The van der Waals surface area contributed by atoms with Crippen LogP contribution in [0.25, 0.3) is 0 Å². The number of ether oxygens (including phenoxy) is 3. The van der Waals surface area contributed by atoms with Gasteiger partial charge in [-0.05, 0) is 38.3 Å². The monoisotopic (exact) mass is 495 g/mol. The number of hydrogen-bond acceptors (Lipinski definition) is 7. The van der Waals surface area contributed by atoms with Crippen LogP contribution in [-0.4, -0.2) is 74.1 Å². The predicted molar refractivity (Wildman–Crippen MR) is 132 cm³/mol. The molecule has 0 aromatic heterocycles. The second-order valence-electron chi connectivity index (χ2n) is 9.65. The number of halogens is 1. The largest absolute Gasteiger partial charge is 0.489 e. The van der Waals surface area contributed by atoms with Crippen LogP contribution in [0.15, 0.2) is 6.07 Å². The lowest BCUT2D eigenvalue weighted by molar-refractivity contribution is 0.00425. The van der Waals surface area contributed by atoms with Gasteiger partial charge < -0.3 is 35.3 Å². The van der Waals surface area contributed by atoms with Crippen LogP contribution in [0.5, 0.6) is 11.5 Å². The zero-order chi connectivity index (χ0) is 23.9. The second-order valence-corrected chi connectivity index (χ2v) is 10.0. The number of piperidine rings is 1. The summed E-state index contributed by atoms with van der Waals surface area (Å²) in [4.78, 5) is 15.2. The Morgan fingerprint density at radius 3 is 2.71 bits per heavy atom. The fourth-order valence-corrected chi connectivity index (χ4v) is 5.26. The van der Waals surface area contributed by atoms with E-state index < -0.39 is 6.10 Å². The van der Waals surface area contributed by atoms with Gasteiger partial charge in [0.2, 0.25) is 0 Å². The highest BCUT2D eigenvalue weighted by Gasteiger charge is 2.29. The molecule has 0 bridgehead atoms. The van der Waals surface area contributed by atoms with Crippen LogP contribution >= 0.6 is 11.6 Å². The van der Waals surface area contributed by atoms with E-state index in [4.69, 9.17) is 31.5 Å². The van der Waals surface area contributed by atoms with Crippen molar-refractivity contribution in [2.45, 2.75) is 63.6 Å². The molecule has 2 heterocycles. The number of nitrogens with two attached hydrogens (primary N) is 1. The third-order valence-corrected chi connectivity index (χ3v) is 7.47. The molecule has 34 heavy (non-hydrogen) atoms. The Labute approximate surface area is 207 Å². The van der Waals surface area contributed by atoms with Gasteiger partial charge in [-0.25, -0.2) is 0 Å². The summed E-state index contributed by atoms with van der Waals surface area (Å²) in [7, 11) is 0. The molecular weight excluding hydrogens is 458 g/mol.